The van der Waals surface area contributed by atoms with Gasteiger partial charge in [-0.15, -0.1) is 0 Å². The molecule has 1 fully saturated rings. The molecule has 0 bridgehead atoms. The summed E-state index contributed by atoms with van der Waals surface area (Å²) in [4.78, 5) is 0. The molecule has 1 saturated heterocycles. The van der Waals surface area contributed by atoms with Crippen molar-refractivity contribution in [2.24, 2.45) is 0 Å². The largest absolute Gasteiger partial charge is 0.494 e. The van der Waals surface area contributed by atoms with E-state index in [1.54, 1.807) is 0 Å². The summed E-state index contributed by atoms with van der Waals surface area (Å²) in [7, 11) is -0.408. The molecule has 1 aliphatic carbocycles. The Morgan fingerprint density at radius 3 is 1.65 bits per heavy atom. The number of benzene rings is 4. The zero-order valence-electron chi connectivity index (χ0n) is 22.5. The Kier molecular flexibility index (Phi) is 5.42. The Labute approximate surface area is 220 Å². The van der Waals surface area contributed by atoms with Crippen LogP contribution in [0.5, 0.6) is 5.75 Å². The van der Waals surface area contributed by atoms with Crippen LogP contribution < -0.4 is 10.2 Å². The maximum Gasteiger partial charge on any atom is 0.494 e. The molecule has 0 radical (unpaired) electrons. The van der Waals surface area contributed by atoms with E-state index < -0.39 is 12.7 Å². The van der Waals surface area contributed by atoms with Crippen molar-refractivity contribution in [3.63, 3.8) is 0 Å². The molecule has 1 spiro atoms. The van der Waals surface area contributed by atoms with Gasteiger partial charge in [-0.25, -0.2) is 0 Å². The number of rotatable bonds is 1. The van der Waals surface area contributed by atoms with Gasteiger partial charge in [0.25, 0.3) is 0 Å². The molecule has 2 heterocycles. The van der Waals surface area contributed by atoms with Crippen LogP contribution in [-0.4, -0.2) is 18.3 Å². The lowest BCUT2D eigenvalue weighted by Gasteiger charge is -2.39. The van der Waals surface area contributed by atoms with Gasteiger partial charge in [-0.1, -0.05) is 98.8 Å². The summed E-state index contributed by atoms with van der Waals surface area (Å²) in [5.41, 5.74) is 7.76. The molecule has 0 saturated carbocycles. The molecule has 0 N–H and O–H groups in total. The fourth-order valence-electron chi connectivity index (χ4n) is 5.81. The van der Waals surface area contributed by atoms with Crippen LogP contribution >= 0.6 is 0 Å². The Morgan fingerprint density at radius 1 is 0.541 bits per heavy atom. The minimum atomic E-state index is -0.703. The average Bonchev–Trinajstić information content (AvgIpc) is 3.32. The van der Waals surface area contributed by atoms with Crippen LogP contribution in [-0.2, 0) is 14.9 Å². The second-order valence-corrected chi connectivity index (χ2v) is 10.8. The average molecular weight is 488 g/mol. The van der Waals surface area contributed by atoms with Gasteiger partial charge in [0.15, 0.2) is 5.60 Å². The summed E-state index contributed by atoms with van der Waals surface area (Å²) in [6.45, 7) is 12.4. The Bertz CT molecular complexity index is 1490. The number of hydrogen-bond acceptors (Lipinski definition) is 3. The third kappa shape index (κ3) is 3.29. The lowest BCUT2D eigenvalue weighted by Crippen LogP contribution is -2.41. The van der Waals surface area contributed by atoms with Crippen LogP contribution in [0.3, 0.4) is 0 Å². The monoisotopic (exact) mass is 488 g/mol. The predicted molar refractivity (Wildman–Crippen MR) is 151 cm³/mol. The maximum absolute atomic E-state index is 7.03. The molecule has 4 aromatic carbocycles. The van der Waals surface area contributed by atoms with E-state index >= 15 is 0 Å². The van der Waals surface area contributed by atoms with Crippen LogP contribution in [0.4, 0.5) is 0 Å². The van der Waals surface area contributed by atoms with Gasteiger partial charge in [0.1, 0.15) is 5.75 Å². The van der Waals surface area contributed by atoms with Gasteiger partial charge >= 0.3 is 7.12 Å². The van der Waals surface area contributed by atoms with E-state index in [0.29, 0.717) is 0 Å². The molecule has 0 aromatic heterocycles. The standard InChI is InChI=1S/C31H27BO3.C2H6/c1-29(2)30(3,4)35-32(34-29)20-17-18-27-24(19-20)22-12-6-9-15-26(22)31(27)25-14-8-5-11-21(25)23-13-7-10-16-28(23)33-31;1-2/h5-19H,1-4H3;1-2H3. The zero-order valence-corrected chi connectivity index (χ0v) is 22.5. The van der Waals surface area contributed by atoms with Crippen molar-refractivity contribution in [2.45, 2.75) is 58.3 Å². The maximum atomic E-state index is 7.03. The van der Waals surface area contributed by atoms with Crippen LogP contribution in [0.1, 0.15) is 58.2 Å². The smallest absolute Gasteiger partial charge is 0.472 e. The number of hydrogen-bond donors (Lipinski definition) is 0. The first-order valence-electron chi connectivity index (χ1n) is 13.3. The molecule has 37 heavy (non-hydrogen) atoms. The van der Waals surface area contributed by atoms with E-state index in [9.17, 15) is 0 Å². The van der Waals surface area contributed by atoms with Gasteiger partial charge in [-0.2, -0.15) is 0 Å². The summed E-state index contributed by atoms with van der Waals surface area (Å²) in [6, 6.07) is 32.2. The fourth-order valence-corrected chi connectivity index (χ4v) is 5.81. The molecular weight excluding hydrogens is 455 g/mol. The second-order valence-electron chi connectivity index (χ2n) is 10.8. The molecule has 0 amide bonds. The van der Waals surface area contributed by atoms with Crippen LogP contribution in [0.25, 0.3) is 22.3 Å². The van der Waals surface area contributed by atoms with Crippen molar-refractivity contribution in [3.05, 3.63) is 108 Å². The topological polar surface area (TPSA) is 27.7 Å². The number of fused-ring (bicyclic) bond motifs is 9. The molecule has 1 atom stereocenters. The highest BCUT2D eigenvalue weighted by molar-refractivity contribution is 6.62. The third-order valence-corrected chi connectivity index (χ3v) is 8.29. The quantitative estimate of drug-likeness (QED) is 0.262. The molecule has 2 aliphatic heterocycles. The van der Waals surface area contributed by atoms with E-state index in [-0.39, 0.29) is 11.2 Å². The minimum Gasteiger partial charge on any atom is -0.472 e. The van der Waals surface area contributed by atoms with Gasteiger partial charge in [0, 0.05) is 22.3 Å². The molecule has 4 aromatic rings. The number of para-hydroxylation sites is 1. The summed E-state index contributed by atoms with van der Waals surface area (Å²) < 4.78 is 19.8. The van der Waals surface area contributed by atoms with Gasteiger partial charge < -0.3 is 14.0 Å². The van der Waals surface area contributed by atoms with E-state index in [0.717, 1.165) is 22.3 Å². The van der Waals surface area contributed by atoms with Crippen molar-refractivity contribution >= 4 is 12.6 Å². The predicted octanol–water partition coefficient (Wildman–Crippen LogP) is 7.34. The first kappa shape index (κ1) is 24.0. The second kappa shape index (κ2) is 8.34. The lowest BCUT2D eigenvalue weighted by atomic mass is 9.75. The van der Waals surface area contributed by atoms with Crippen molar-refractivity contribution in [1.82, 2.24) is 0 Å². The first-order valence-corrected chi connectivity index (χ1v) is 13.3. The highest BCUT2D eigenvalue weighted by Crippen LogP contribution is 2.58. The minimum absolute atomic E-state index is 0.384. The molecule has 186 valence electrons. The summed E-state index contributed by atoms with van der Waals surface area (Å²) in [5.74, 6) is 0.906. The molecule has 4 heteroatoms. The zero-order chi connectivity index (χ0) is 26.0. The van der Waals surface area contributed by atoms with Crippen molar-refractivity contribution < 1.29 is 14.0 Å². The fraction of sp³-hybridized carbons (Fsp3) is 0.273. The Balaban J connectivity index is 0.00000123. The normalized spacial score (nSPS) is 21.2. The van der Waals surface area contributed by atoms with Gasteiger partial charge in [0.05, 0.1) is 11.2 Å². The van der Waals surface area contributed by atoms with Crippen LogP contribution in [0.15, 0.2) is 91.0 Å². The number of ether oxygens (including phenoxy) is 1. The molecule has 1 unspecified atom stereocenters. The molecular formula is C33H33BO3. The van der Waals surface area contributed by atoms with E-state index in [1.165, 1.54) is 27.8 Å². The van der Waals surface area contributed by atoms with E-state index in [2.05, 4.69) is 113 Å². The SMILES string of the molecule is CC.CC1(C)OB(c2ccc3c(c2)-c2ccccc2C32Oc3ccccc3-c3ccccc32)OC1(C)C. The molecule has 3 aliphatic rings. The van der Waals surface area contributed by atoms with Gasteiger partial charge in [-0.05, 0) is 55.9 Å². The summed E-state index contributed by atoms with van der Waals surface area (Å²) in [6.07, 6.45) is 0. The lowest BCUT2D eigenvalue weighted by molar-refractivity contribution is 0.00578. The van der Waals surface area contributed by atoms with E-state index in [1.807, 2.05) is 19.9 Å². The van der Waals surface area contributed by atoms with Gasteiger partial charge in [0.2, 0.25) is 0 Å². The van der Waals surface area contributed by atoms with E-state index in [4.69, 9.17) is 14.0 Å². The van der Waals surface area contributed by atoms with Crippen LogP contribution in [0.2, 0.25) is 0 Å². The highest BCUT2D eigenvalue weighted by Gasteiger charge is 2.54. The highest BCUT2D eigenvalue weighted by atomic mass is 16.7. The van der Waals surface area contributed by atoms with Crippen molar-refractivity contribution in [2.75, 3.05) is 0 Å². The summed E-state index contributed by atoms with van der Waals surface area (Å²) in [5, 5.41) is 0. The Hall–Kier alpha value is -3.34. The summed E-state index contributed by atoms with van der Waals surface area (Å²) >= 11 is 0. The van der Waals surface area contributed by atoms with Crippen LogP contribution in [0, 0.1) is 0 Å². The first-order chi connectivity index (χ1) is 17.8. The third-order valence-electron chi connectivity index (χ3n) is 8.29. The molecule has 3 nitrogen and oxygen atoms in total. The van der Waals surface area contributed by atoms with Crippen molar-refractivity contribution in [3.8, 4) is 28.0 Å². The van der Waals surface area contributed by atoms with Crippen molar-refractivity contribution in [1.29, 1.82) is 0 Å². The molecule has 7 rings (SSSR count). The van der Waals surface area contributed by atoms with Gasteiger partial charge in [-0.3, -0.25) is 0 Å². The Morgan fingerprint density at radius 2 is 1.03 bits per heavy atom.